The third kappa shape index (κ3) is 4.84. The van der Waals surface area contributed by atoms with Crippen LogP contribution in [0, 0.1) is 0 Å². The van der Waals surface area contributed by atoms with Crippen molar-refractivity contribution in [3.63, 3.8) is 0 Å². The van der Waals surface area contributed by atoms with E-state index in [1.54, 1.807) is 0 Å². The average molecular weight is 176 g/mol. The van der Waals surface area contributed by atoms with Crippen molar-refractivity contribution in [1.82, 2.24) is 0 Å². The van der Waals surface area contributed by atoms with Crippen LogP contribution in [0.4, 0.5) is 0 Å². The lowest BCUT2D eigenvalue weighted by molar-refractivity contribution is -0.147. The molecule has 0 fully saturated rings. The number of carbonyl (C=O) groups excluding carboxylic acids is 1. The summed E-state index contributed by atoms with van der Waals surface area (Å²) < 4.78 is 0. The van der Waals surface area contributed by atoms with Gasteiger partial charge in [-0.2, -0.15) is 11.8 Å². The highest BCUT2D eigenvalue weighted by Gasteiger charge is 2.12. The largest absolute Gasteiger partial charge is 0.475 e. The Hall–Kier alpha value is -0.510. The quantitative estimate of drug-likeness (QED) is 0.639. The molecule has 0 aromatic heterocycles. The second kappa shape index (κ2) is 5.18. The fourth-order valence-corrected chi connectivity index (χ4v) is 1.19. The van der Waals surface area contributed by atoms with E-state index in [-0.39, 0.29) is 5.75 Å². The molecule has 0 rings (SSSR count). The van der Waals surface area contributed by atoms with Crippen molar-refractivity contribution in [2.75, 3.05) is 5.75 Å². The maximum Gasteiger partial charge on any atom is 0.373 e. The predicted octanol–water partition coefficient (Wildman–Crippen LogP) is 1.17. The van der Waals surface area contributed by atoms with E-state index in [2.05, 4.69) is 0 Å². The van der Waals surface area contributed by atoms with Gasteiger partial charge in [0, 0.05) is 5.25 Å². The van der Waals surface area contributed by atoms with Gasteiger partial charge in [-0.15, -0.1) is 0 Å². The summed E-state index contributed by atoms with van der Waals surface area (Å²) in [5.74, 6) is -1.96. The van der Waals surface area contributed by atoms with E-state index < -0.39 is 11.8 Å². The van der Waals surface area contributed by atoms with E-state index in [1.165, 1.54) is 11.8 Å². The third-order valence-electron chi connectivity index (χ3n) is 1.31. The van der Waals surface area contributed by atoms with Crippen molar-refractivity contribution >= 4 is 23.5 Å². The Morgan fingerprint density at radius 3 is 2.45 bits per heavy atom. The number of Topliss-reactive ketones (excluding diaryl/α,β-unsaturated/α-hetero) is 1. The van der Waals surface area contributed by atoms with Crippen LogP contribution < -0.4 is 0 Å². The SMILES string of the molecule is CCC(C)SCC(=O)C(=O)O. The molecular weight excluding hydrogens is 164 g/mol. The predicted molar refractivity (Wildman–Crippen MR) is 44.9 cm³/mol. The van der Waals surface area contributed by atoms with Gasteiger partial charge in [0.05, 0.1) is 5.75 Å². The van der Waals surface area contributed by atoms with Gasteiger partial charge in [-0.1, -0.05) is 13.8 Å². The van der Waals surface area contributed by atoms with E-state index in [1.807, 2.05) is 13.8 Å². The normalized spacial score (nSPS) is 12.5. The number of hydrogen-bond acceptors (Lipinski definition) is 3. The number of carboxylic acid groups (broad SMARTS) is 1. The zero-order chi connectivity index (χ0) is 8.85. The average Bonchev–Trinajstić information content (AvgIpc) is 1.99. The van der Waals surface area contributed by atoms with Gasteiger partial charge in [-0.25, -0.2) is 4.79 Å². The molecule has 0 saturated heterocycles. The molecule has 0 radical (unpaired) electrons. The molecule has 0 amide bonds. The first-order valence-electron chi connectivity index (χ1n) is 3.45. The molecule has 64 valence electrons. The van der Waals surface area contributed by atoms with Crippen LogP contribution in [0.1, 0.15) is 20.3 Å². The standard InChI is InChI=1S/C7H12O3S/c1-3-5(2)11-4-6(8)7(9)10/h5H,3-4H2,1-2H3,(H,9,10). The molecule has 0 aliphatic rings. The van der Waals surface area contributed by atoms with E-state index in [4.69, 9.17) is 5.11 Å². The van der Waals surface area contributed by atoms with Crippen molar-refractivity contribution in [2.45, 2.75) is 25.5 Å². The Bertz CT molecular complexity index is 156. The second-order valence-electron chi connectivity index (χ2n) is 2.26. The highest BCUT2D eigenvalue weighted by atomic mass is 32.2. The summed E-state index contributed by atoms with van der Waals surface area (Å²) in [7, 11) is 0. The molecule has 0 spiro atoms. The molecule has 1 unspecified atom stereocenters. The number of carboxylic acids is 1. The van der Waals surface area contributed by atoms with Crippen molar-refractivity contribution in [3.8, 4) is 0 Å². The summed E-state index contributed by atoms with van der Waals surface area (Å²) in [6.45, 7) is 3.97. The lowest BCUT2D eigenvalue weighted by atomic mass is 10.4. The Morgan fingerprint density at radius 1 is 1.55 bits per heavy atom. The van der Waals surface area contributed by atoms with E-state index >= 15 is 0 Å². The number of hydrogen-bond donors (Lipinski definition) is 1. The van der Waals surface area contributed by atoms with Crippen molar-refractivity contribution in [3.05, 3.63) is 0 Å². The Morgan fingerprint density at radius 2 is 2.09 bits per heavy atom. The molecule has 0 heterocycles. The molecule has 0 aliphatic carbocycles. The van der Waals surface area contributed by atoms with Gasteiger partial charge in [0.1, 0.15) is 0 Å². The van der Waals surface area contributed by atoms with Gasteiger partial charge in [-0.05, 0) is 6.42 Å². The van der Waals surface area contributed by atoms with Gasteiger partial charge in [0.15, 0.2) is 0 Å². The fourth-order valence-electron chi connectivity index (χ4n) is 0.398. The number of ketones is 1. The van der Waals surface area contributed by atoms with Crippen molar-refractivity contribution < 1.29 is 14.7 Å². The second-order valence-corrected chi connectivity index (χ2v) is 3.68. The Labute approximate surface area is 70.2 Å². The summed E-state index contributed by atoms with van der Waals surface area (Å²) in [6.07, 6.45) is 0.956. The van der Waals surface area contributed by atoms with Crippen LogP contribution in [0.25, 0.3) is 0 Å². The lowest BCUT2D eigenvalue weighted by Crippen LogP contribution is -2.16. The third-order valence-corrected chi connectivity index (χ3v) is 2.64. The van der Waals surface area contributed by atoms with Crippen molar-refractivity contribution in [1.29, 1.82) is 0 Å². The fraction of sp³-hybridized carbons (Fsp3) is 0.714. The Kier molecular flexibility index (Phi) is 4.94. The maximum atomic E-state index is 10.5. The zero-order valence-corrected chi connectivity index (χ0v) is 7.48. The zero-order valence-electron chi connectivity index (χ0n) is 6.66. The van der Waals surface area contributed by atoms with Crippen LogP contribution in [0.15, 0.2) is 0 Å². The molecule has 0 aromatic rings. The first-order chi connectivity index (χ1) is 5.07. The monoisotopic (exact) mass is 176 g/mol. The smallest absolute Gasteiger partial charge is 0.373 e. The van der Waals surface area contributed by atoms with E-state index in [9.17, 15) is 9.59 Å². The first-order valence-corrected chi connectivity index (χ1v) is 4.50. The van der Waals surface area contributed by atoms with Crippen molar-refractivity contribution in [2.24, 2.45) is 0 Å². The van der Waals surface area contributed by atoms with E-state index in [0.29, 0.717) is 5.25 Å². The van der Waals surface area contributed by atoms with Gasteiger partial charge < -0.3 is 5.11 Å². The molecule has 1 N–H and O–H groups in total. The Balaban J connectivity index is 3.54. The first kappa shape index (κ1) is 10.5. The van der Waals surface area contributed by atoms with Crippen LogP contribution in [-0.4, -0.2) is 27.9 Å². The molecule has 0 saturated carbocycles. The molecular formula is C7H12O3S. The molecule has 0 aromatic carbocycles. The summed E-state index contributed by atoms with van der Waals surface area (Å²) in [5.41, 5.74) is 0. The van der Waals surface area contributed by atoms with Crippen LogP contribution in [0.5, 0.6) is 0 Å². The van der Waals surface area contributed by atoms with Gasteiger partial charge >= 0.3 is 5.97 Å². The topological polar surface area (TPSA) is 54.4 Å². The van der Waals surface area contributed by atoms with Crippen LogP contribution >= 0.6 is 11.8 Å². The van der Waals surface area contributed by atoms with Gasteiger partial charge in [-0.3, -0.25) is 4.79 Å². The minimum absolute atomic E-state index is 0.0876. The summed E-state index contributed by atoms with van der Waals surface area (Å²) in [5, 5.41) is 8.56. The maximum absolute atomic E-state index is 10.5. The highest BCUT2D eigenvalue weighted by Crippen LogP contribution is 2.12. The highest BCUT2D eigenvalue weighted by molar-refractivity contribution is 8.00. The molecule has 4 heteroatoms. The summed E-state index contributed by atoms with van der Waals surface area (Å²) >= 11 is 1.38. The molecule has 0 aliphatic heterocycles. The lowest BCUT2D eigenvalue weighted by Gasteiger charge is -2.04. The number of rotatable bonds is 5. The van der Waals surface area contributed by atoms with E-state index in [0.717, 1.165) is 6.42 Å². The molecule has 0 bridgehead atoms. The summed E-state index contributed by atoms with van der Waals surface area (Å²) in [4.78, 5) is 20.6. The summed E-state index contributed by atoms with van der Waals surface area (Å²) in [6, 6.07) is 0. The van der Waals surface area contributed by atoms with Gasteiger partial charge in [0.25, 0.3) is 0 Å². The van der Waals surface area contributed by atoms with Crippen LogP contribution in [-0.2, 0) is 9.59 Å². The van der Waals surface area contributed by atoms with Crippen LogP contribution in [0.3, 0.4) is 0 Å². The number of aliphatic carboxylic acids is 1. The minimum Gasteiger partial charge on any atom is -0.475 e. The van der Waals surface area contributed by atoms with Gasteiger partial charge in [0.2, 0.25) is 5.78 Å². The molecule has 1 atom stereocenters. The minimum atomic E-state index is -1.33. The van der Waals surface area contributed by atoms with Crippen LogP contribution in [0.2, 0.25) is 0 Å². The molecule has 3 nitrogen and oxygen atoms in total. The number of thioether (sulfide) groups is 1. The molecule has 11 heavy (non-hydrogen) atoms. The number of carbonyl (C=O) groups is 2.